The molecule has 0 amide bonds. The van der Waals surface area contributed by atoms with Gasteiger partial charge in [-0.1, -0.05) is 36.4 Å². The molecular weight excluding hydrogens is 192 g/mol. The zero-order valence-electron chi connectivity index (χ0n) is 8.55. The van der Waals surface area contributed by atoms with Crippen LogP contribution < -0.4 is 0 Å². The van der Waals surface area contributed by atoms with E-state index in [-0.39, 0.29) is 6.79 Å². The lowest BCUT2D eigenvalue weighted by Gasteiger charge is -1.97. The molecule has 2 aromatic carbocycles. The van der Waals surface area contributed by atoms with Crippen molar-refractivity contribution in [3.8, 4) is 5.75 Å². The van der Waals surface area contributed by atoms with E-state index in [1.165, 1.54) is 7.11 Å². The summed E-state index contributed by atoms with van der Waals surface area (Å²) < 4.78 is 4.10. The molecule has 0 saturated carbocycles. The number of hydrogen-bond acceptors (Lipinski definition) is 3. The van der Waals surface area contributed by atoms with Crippen molar-refractivity contribution < 1.29 is 14.9 Å². The molecule has 0 unspecified atom stereocenters. The minimum Gasteiger partial charge on any atom is -0.507 e. The molecule has 0 aliphatic carbocycles. The van der Waals surface area contributed by atoms with Gasteiger partial charge in [0.1, 0.15) is 12.5 Å². The van der Waals surface area contributed by atoms with Crippen molar-refractivity contribution in [2.45, 2.75) is 0 Å². The molecule has 3 nitrogen and oxygen atoms in total. The lowest BCUT2D eigenvalue weighted by molar-refractivity contribution is 0.0325. The van der Waals surface area contributed by atoms with Crippen molar-refractivity contribution >= 4 is 10.8 Å². The van der Waals surface area contributed by atoms with Crippen molar-refractivity contribution in [2.24, 2.45) is 0 Å². The number of fused-ring (bicyclic) bond motifs is 1. The number of phenols is 1. The fourth-order valence-corrected chi connectivity index (χ4v) is 1.21. The molecule has 0 saturated heterocycles. The smallest absolute Gasteiger partial charge is 0.143 e. The van der Waals surface area contributed by atoms with Gasteiger partial charge >= 0.3 is 0 Å². The number of aromatic hydroxyl groups is 1. The van der Waals surface area contributed by atoms with Crippen molar-refractivity contribution in [3.05, 3.63) is 42.5 Å². The first kappa shape index (κ1) is 11.5. The summed E-state index contributed by atoms with van der Waals surface area (Å²) in [5.41, 5.74) is 0. The molecule has 0 atom stereocenters. The molecular formula is C12H14O3. The molecule has 0 spiro atoms. The largest absolute Gasteiger partial charge is 0.507 e. The van der Waals surface area contributed by atoms with Gasteiger partial charge in [-0.15, -0.1) is 0 Å². The summed E-state index contributed by atoms with van der Waals surface area (Å²) in [5, 5.41) is 19.0. The third kappa shape index (κ3) is 3.23. The van der Waals surface area contributed by atoms with Crippen LogP contribution in [-0.4, -0.2) is 24.1 Å². The molecule has 0 aliphatic rings. The third-order valence-electron chi connectivity index (χ3n) is 1.90. The van der Waals surface area contributed by atoms with Crippen LogP contribution in [0.5, 0.6) is 5.75 Å². The Labute approximate surface area is 88.6 Å². The van der Waals surface area contributed by atoms with E-state index in [4.69, 9.17) is 5.11 Å². The van der Waals surface area contributed by atoms with E-state index in [9.17, 15) is 5.11 Å². The van der Waals surface area contributed by atoms with Gasteiger partial charge in [-0.05, 0) is 11.5 Å². The quantitative estimate of drug-likeness (QED) is 0.703. The van der Waals surface area contributed by atoms with Crippen LogP contribution in [0.4, 0.5) is 0 Å². The van der Waals surface area contributed by atoms with E-state index in [1.807, 2.05) is 36.4 Å². The molecule has 2 aromatic rings. The summed E-state index contributed by atoms with van der Waals surface area (Å²) >= 11 is 0. The number of phenolic OH excluding ortho intramolecular Hbond substituents is 1. The maximum Gasteiger partial charge on any atom is 0.143 e. The van der Waals surface area contributed by atoms with Gasteiger partial charge < -0.3 is 14.9 Å². The second kappa shape index (κ2) is 6.01. The lowest BCUT2D eigenvalue weighted by atomic mass is 10.1. The van der Waals surface area contributed by atoms with Gasteiger partial charge in [-0.3, -0.25) is 0 Å². The molecule has 3 heteroatoms. The fourth-order valence-electron chi connectivity index (χ4n) is 1.21. The van der Waals surface area contributed by atoms with Crippen LogP contribution in [0.25, 0.3) is 10.8 Å². The number of rotatable bonds is 1. The molecule has 0 bridgehead atoms. The van der Waals surface area contributed by atoms with Crippen LogP contribution >= 0.6 is 0 Å². The number of methoxy groups -OCH3 is 1. The molecule has 2 N–H and O–H groups in total. The predicted molar refractivity (Wildman–Crippen MR) is 59.7 cm³/mol. The predicted octanol–water partition coefficient (Wildman–Crippen LogP) is 2.13. The molecule has 0 fully saturated rings. The van der Waals surface area contributed by atoms with Crippen LogP contribution in [0.15, 0.2) is 42.5 Å². The summed E-state index contributed by atoms with van der Waals surface area (Å²) in [5.74, 6) is 0.350. The Morgan fingerprint density at radius 1 is 1.07 bits per heavy atom. The summed E-state index contributed by atoms with van der Waals surface area (Å²) in [7, 11) is 1.43. The summed E-state index contributed by atoms with van der Waals surface area (Å²) in [6.07, 6.45) is 0. The zero-order valence-corrected chi connectivity index (χ0v) is 8.55. The van der Waals surface area contributed by atoms with Crippen LogP contribution in [0, 0.1) is 0 Å². The van der Waals surface area contributed by atoms with Gasteiger partial charge in [0.2, 0.25) is 0 Å². The Balaban J connectivity index is 0.000000245. The second-order valence-corrected chi connectivity index (χ2v) is 2.92. The molecule has 15 heavy (non-hydrogen) atoms. The summed E-state index contributed by atoms with van der Waals surface area (Å²) in [6.45, 7) is -0.181. The van der Waals surface area contributed by atoms with E-state index in [0.29, 0.717) is 5.75 Å². The van der Waals surface area contributed by atoms with Gasteiger partial charge in [0.25, 0.3) is 0 Å². The summed E-state index contributed by atoms with van der Waals surface area (Å²) in [4.78, 5) is 0. The SMILES string of the molecule is COCO.Oc1cccc2ccccc12. The third-order valence-corrected chi connectivity index (χ3v) is 1.90. The number of hydrogen-bond donors (Lipinski definition) is 2. The maximum atomic E-state index is 9.37. The van der Waals surface area contributed by atoms with Gasteiger partial charge in [0.15, 0.2) is 0 Å². The van der Waals surface area contributed by atoms with Gasteiger partial charge in [0.05, 0.1) is 0 Å². The lowest BCUT2D eigenvalue weighted by Crippen LogP contribution is -1.79. The summed E-state index contributed by atoms with van der Waals surface area (Å²) in [6, 6.07) is 13.3. The standard InChI is InChI=1S/C10H8O.C2H6O2/c11-10-7-3-5-8-4-1-2-6-9(8)10;1-4-2-3/h1-7,11H;3H,2H2,1H3. The highest BCUT2D eigenvalue weighted by atomic mass is 16.6. The fraction of sp³-hybridized carbons (Fsp3) is 0.167. The van der Waals surface area contributed by atoms with Crippen LogP contribution in [0.2, 0.25) is 0 Å². The Morgan fingerprint density at radius 3 is 2.27 bits per heavy atom. The maximum absolute atomic E-state index is 9.37. The van der Waals surface area contributed by atoms with E-state index in [2.05, 4.69) is 4.74 Å². The average molecular weight is 206 g/mol. The first-order chi connectivity index (χ1) is 7.29. The van der Waals surface area contributed by atoms with Crippen molar-refractivity contribution in [1.29, 1.82) is 0 Å². The monoisotopic (exact) mass is 206 g/mol. The van der Waals surface area contributed by atoms with E-state index in [0.717, 1.165) is 10.8 Å². The number of aliphatic hydroxyl groups is 1. The number of ether oxygens (including phenoxy) is 1. The minimum absolute atomic E-state index is 0.181. The molecule has 80 valence electrons. The van der Waals surface area contributed by atoms with Crippen molar-refractivity contribution in [3.63, 3.8) is 0 Å². The second-order valence-electron chi connectivity index (χ2n) is 2.92. The van der Waals surface area contributed by atoms with Gasteiger partial charge in [-0.25, -0.2) is 0 Å². The molecule has 2 rings (SSSR count). The Bertz CT molecular complexity index is 405. The van der Waals surface area contributed by atoms with E-state index < -0.39 is 0 Å². The van der Waals surface area contributed by atoms with E-state index >= 15 is 0 Å². The highest BCUT2D eigenvalue weighted by molar-refractivity contribution is 5.87. The van der Waals surface area contributed by atoms with Gasteiger partial charge in [-0.2, -0.15) is 0 Å². The minimum atomic E-state index is -0.181. The Hall–Kier alpha value is -1.58. The average Bonchev–Trinajstić information content (AvgIpc) is 2.30. The highest BCUT2D eigenvalue weighted by Gasteiger charge is 1.94. The highest BCUT2D eigenvalue weighted by Crippen LogP contribution is 2.22. The van der Waals surface area contributed by atoms with Crippen LogP contribution in [0.1, 0.15) is 0 Å². The number of aliphatic hydroxyl groups excluding tert-OH is 1. The topological polar surface area (TPSA) is 49.7 Å². The van der Waals surface area contributed by atoms with Crippen molar-refractivity contribution in [2.75, 3.05) is 13.9 Å². The zero-order chi connectivity index (χ0) is 11.1. The van der Waals surface area contributed by atoms with Crippen LogP contribution in [-0.2, 0) is 4.74 Å². The Morgan fingerprint density at radius 2 is 1.67 bits per heavy atom. The molecule has 0 radical (unpaired) electrons. The molecule has 0 aromatic heterocycles. The first-order valence-electron chi connectivity index (χ1n) is 4.56. The number of benzene rings is 2. The molecule has 0 aliphatic heterocycles. The molecule has 0 heterocycles. The van der Waals surface area contributed by atoms with Crippen molar-refractivity contribution in [1.82, 2.24) is 0 Å². The van der Waals surface area contributed by atoms with Crippen LogP contribution in [0.3, 0.4) is 0 Å². The first-order valence-corrected chi connectivity index (χ1v) is 4.56. The Kier molecular flexibility index (Phi) is 4.60. The normalized spacial score (nSPS) is 9.47. The van der Waals surface area contributed by atoms with Gasteiger partial charge in [0, 0.05) is 12.5 Å². The van der Waals surface area contributed by atoms with E-state index in [1.54, 1.807) is 6.07 Å².